The zero-order chi connectivity index (χ0) is 14.3. The van der Waals surface area contributed by atoms with Gasteiger partial charge in [0.2, 0.25) is 0 Å². The lowest BCUT2D eigenvalue weighted by Gasteiger charge is -2.19. The second-order valence-electron chi connectivity index (χ2n) is 4.41. The number of aliphatic imine (C=N–C) groups is 2. The summed E-state index contributed by atoms with van der Waals surface area (Å²) in [4.78, 5) is 13.1. The van der Waals surface area contributed by atoms with Crippen molar-refractivity contribution in [3.05, 3.63) is 23.1 Å². The van der Waals surface area contributed by atoms with Gasteiger partial charge in [0, 0.05) is 30.6 Å². The third-order valence-corrected chi connectivity index (χ3v) is 2.96. The van der Waals surface area contributed by atoms with Crippen molar-refractivity contribution in [2.75, 3.05) is 13.2 Å². The second-order valence-corrected chi connectivity index (χ2v) is 4.41. The molecule has 4 N–H and O–H groups in total. The van der Waals surface area contributed by atoms with Gasteiger partial charge in [-0.2, -0.15) is 5.90 Å². The van der Waals surface area contributed by atoms with E-state index in [0.717, 1.165) is 31.6 Å². The Kier molecular flexibility index (Phi) is 6.24. The van der Waals surface area contributed by atoms with Gasteiger partial charge in [0.05, 0.1) is 6.04 Å². The standard InChI is InChI=1S/C13H22N4O2/c1-9(19-15)8-12(14)10(2)13(16-3)17-11-4-6-18-7-5-11/h8,11H,3-7,14-15H2,1-2H3/b9-8+,12-10?,17-13?. The normalized spacial score (nSPS) is 19.9. The quantitative estimate of drug-likeness (QED) is 0.263. The number of nitrogens with zero attached hydrogens (tertiary/aromatic N) is 2. The Balaban J connectivity index is 2.91. The Morgan fingerprint density at radius 3 is 2.53 bits per heavy atom. The molecule has 19 heavy (non-hydrogen) atoms. The van der Waals surface area contributed by atoms with E-state index in [1.165, 1.54) is 0 Å². The molecule has 0 amide bonds. The van der Waals surface area contributed by atoms with E-state index in [4.69, 9.17) is 16.4 Å². The Bertz CT molecular complexity index is 407. The Morgan fingerprint density at radius 1 is 1.37 bits per heavy atom. The summed E-state index contributed by atoms with van der Waals surface area (Å²) >= 11 is 0. The van der Waals surface area contributed by atoms with Crippen LogP contribution in [0.25, 0.3) is 0 Å². The molecule has 0 aromatic carbocycles. The molecule has 1 rings (SSSR count). The van der Waals surface area contributed by atoms with Crippen molar-refractivity contribution in [1.82, 2.24) is 0 Å². The molecule has 6 heteroatoms. The molecule has 0 aliphatic carbocycles. The van der Waals surface area contributed by atoms with Gasteiger partial charge in [0.15, 0.2) is 5.84 Å². The van der Waals surface area contributed by atoms with Crippen LogP contribution in [-0.2, 0) is 9.57 Å². The Labute approximate surface area is 113 Å². The highest BCUT2D eigenvalue weighted by molar-refractivity contribution is 6.01. The minimum Gasteiger partial charge on any atom is -0.416 e. The van der Waals surface area contributed by atoms with Crippen LogP contribution in [0.1, 0.15) is 26.7 Å². The molecular formula is C13H22N4O2. The van der Waals surface area contributed by atoms with E-state index in [1.54, 1.807) is 13.0 Å². The number of amidine groups is 1. The number of ether oxygens (including phenoxy) is 1. The molecule has 0 unspecified atom stereocenters. The van der Waals surface area contributed by atoms with Crippen molar-refractivity contribution in [3.8, 4) is 0 Å². The molecule has 0 aromatic heterocycles. The predicted octanol–water partition coefficient (Wildman–Crippen LogP) is 1.29. The first-order valence-corrected chi connectivity index (χ1v) is 6.22. The van der Waals surface area contributed by atoms with Crippen LogP contribution in [-0.4, -0.2) is 31.8 Å². The monoisotopic (exact) mass is 266 g/mol. The van der Waals surface area contributed by atoms with Crippen LogP contribution in [0.3, 0.4) is 0 Å². The van der Waals surface area contributed by atoms with Crippen LogP contribution in [0.15, 0.2) is 33.1 Å². The largest absolute Gasteiger partial charge is 0.416 e. The number of hydrogen-bond acceptors (Lipinski definition) is 5. The molecule has 6 nitrogen and oxygen atoms in total. The summed E-state index contributed by atoms with van der Waals surface area (Å²) in [6.45, 7) is 8.59. The van der Waals surface area contributed by atoms with E-state index in [0.29, 0.717) is 17.3 Å². The lowest BCUT2D eigenvalue weighted by molar-refractivity contribution is 0.0871. The van der Waals surface area contributed by atoms with Gasteiger partial charge in [-0.1, -0.05) is 0 Å². The SMILES string of the molecule is C=NC(=NC1CCOCC1)C(C)=C(N)/C=C(\C)ON. The molecule has 1 aliphatic rings. The number of nitrogens with two attached hydrogens (primary N) is 2. The van der Waals surface area contributed by atoms with E-state index in [-0.39, 0.29) is 6.04 Å². The zero-order valence-corrected chi connectivity index (χ0v) is 11.6. The van der Waals surface area contributed by atoms with Gasteiger partial charge in [-0.3, -0.25) is 4.99 Å². The molecule has 0 atom stereocenters. The molecule has 0 radical (unpaired) electrons. The summed E-state index contributed by atoms with van der Waals surface area (Å²) in [5.41, 5.74) is 7.23. The van der Waals surface area contributed by atoms with Crippen molar-refractivity contribution in [2.45, 2.75) is 32.7 Å². The molecule has 1 aliphatic heterocycles. The molecule has 0 spiro atoms. The van der Waals surface area contributed by atoms with Crippen LogP contribution >= 0.6 is 0 Å². The minimum atomic E-state index is 0.216. The smallest absolute Gasteiger partial charge is 0.151 e. The summed E-state index contributed by atoms with van der Waals surface area (Å²) in [5.74, 6) is 6.13. The third-order valence-electron chi connectivity index (χ3n) is 2.96. The minimum absolute atomic E-state index is 0.216. The van der Waals surface area contributed by atoms with Gasteiger partial charge >= 0.3 is 0 Å². The zero-order valence-electron chi connectivity index (χ0n) is 11.6. The van der Waals surface area contributed by atoms with Crippen LogP contribution < -0.4 is 11.6 Å². The van der Waals surface area contributed by atoms with Crippen LogP contribution in [0.5, 0.6) is 0 Å². The molecule has 0 aromatic rings. The number of allylic oxidation sites excluding steroid dienone is 2. The fraction of sp³-hybridized carbons (Fsp3) is 0.538. The molecule has 0 bridgehead atoms. The maximum atomic E-state index is 5.95. The van der Waals surface area contributed by atoms with Gasteiger partial charge in [-0.05, 0) is 33.4 Å². The van der Waals surface area contributed by atoms with Gasteiger partial charge in [0.1, 0.15) is 5.76 Å². The van der Waals surface area contributed by atoms with Gasteiger partial charge in [-0.15, -0.1) is 0 Å². The summed E-state index contributed by atoms with van der Waals surface area (Å²) in [6.07, 6.45) is 3.43. The Morgan fingerprint density at radius 2 is 2.00 bits per heavy atom. The lowest BCUT2D eigenvalue weighted by Crippen LogP contribution is -2.20. The first-order chi connectivity index (χ1) is 9.08. The van der Waals surface area contributed by atoms with Gasteiger partial charge in [0.25, 0.3) is 0 Å². The maximum absolute atomic E-state index is 5.95. The van der Waals surface area contributed by atoms with Crippen molar-refractivity contribution < 1.29 is 9.57 Å². The van der Waals surface area contributed by atoms with Crippen LogP contribution in [0.4, 0.5) is 0 Å². The second kappa shape index (κ2) is 7.70. The average Bonchev–Trinajstić information content (AvgIpc) is 2.44. The molecule has 106 valence electrons. The highest BCUT2D eigenvalue weighted by Crippen LogP contribution is 2.14. The first kappa shape index (κ1) is 15.4. The van der Waals surface area contributed by atoms with Gasteiger partial charge in [-0.25, -0.2) is 4.99 Å². The number of rotatable bonds is 4. The topological polar surface area (TPSA) is 95.2 Å². The van der Waals surface area contributed by atoms with E-state index >= 15 is 0 Å². The molecule has 1 fully saturated rings. The Hall–Kier alpha value is -1.66. The van der Waals surface area contributed by atoms with E-state index in [9.17, 15) is 0 Å². The van der Waals surface area contributed by atoms with Crippen molar-refractivity contribution in [3.63, 3.8) is 0 Å². The van der Waals surface area contributed by atoms with E-state index in [2.05, 4.69) is 21.5 Å². The predicted molar refractivity (Wildman–Crippen MR) is 76.7 cm³/mol. The lowest BCUT2D eigenvalue weighted by atomic mass is 10.1. The van der Waals surface area contributed by atoms with Crippen molar-refractivity contribution in [2.24, 2.45) is 21.6 Å². The van der Waals surface area contributed by atoms with Crippen molar-refractivity contribution in [1.29, 1.82) is 0 Å². The maximum Gasteiger partial charge on any atom is 0.151 e. The first-order valence-electron chi connectivity index (χ1n) is 6.22. The summed E-state index contributed by atoms with van der Waals surface area (Å²) in [5, 5.41) is 0. The van der Waals surface area contributed by atoms with Crippen molar-refractivity contribution >= 4 is 12.6 Å². The fourth-order valence-electron chi connectivity index (χ4n) is 1.73. The number of hydrogen-bond donors (Lipinski definition) is 2. The van der Waals surface area contributed by atoms with E-state index in [1.807, 2.05) is 6.92 Å². The molecule has 0 saturated carbocycles. The molecular weight excluding hydrogens is 244 g/mol. The molecule has 1 heterocycles. The fourth-order valence-corrected chi connectivity index (χ4v) is 1.73. The highest BCUT2D eigenvalue weighted by Gasteiger charge is 2.14. The highest BCUT2D eigenvalue weighted by atomic mass is 16.6. The van der Waals surface area contributed by atoms with Crippen LogP contribution in [0.2, 0.25) is 0 Å². The summed E-state index contributed by atoms with van der Waals surface area (Å²) < 4.78 is 5.30. The third kappa shape index (κ3) is 4.84. The summed E-state index contributed by atoms with van der Waals surface area (Å²) in [7, 11) is 0. The summed E-state index contributed by atoms with van der Waals surface area (Å²) in [6, 6.07) is 0.216. The van der Waals surface area contributed by atoms with E-state index < -0.39 is 0 Å². The molecule has 1 saturated heterocycles. The van der Waals surface area contributed by atoms with Gasteiger partial charge < -0.3 is 15.3 Å². The van der Waals surface area contributed by atoms with Crippen LogP contribution in [0, 0.1) is 0 Å². The average molecular weight is 266 g/mol.